The Bertz CT molecular complexity index is 784. The molecule has 1 aliphatic rings. The molecule has 2 N–H and O–H groups in total. The zero-order valence-electron chi connectivity index (χ0n) is 15.1. The Balaban J connectivity index is 2.31. The average molecular weight is 384 g/mol. The number of amides is 1. The van der Waals surface area contributed by atoms with Crippen LogP contribution in [0.3, 0.4) is 0 Å². The van der Waals surface area contributed by atoms with E-state index in [4.69, 9.17) is 4.74 Å². The van der Waals surface area contributed by atoms with E-state index in [0.717, 1.165) is 0 Å². The third-order valence-corrected chi connectivity index (χ3v) is 6.30. The third-order valence-electron chi connectivity index (χ3n) is 4.26. The zero-order chi connectivity index (χ0) is 19.5. The van der Waals surface area contributed by atoms with E-state index >= 15 is 0 Å². The van der Waals surface area contributed by atoms with Crippen LogP contribution in [0.4, 0.5) is 0 Å². The number of carbonyl (C=O) groups excluding carboxylic acids is 1. The van der Waals surface area contributed by atoms with Gasteiger partial charge in [-0.05, 0) is 30.5 Å². The molecule has 1 atom stereocenters. The second-order valence-electron chi connectivity index (χ2n) is 6.53. The molecule has 0 aliphatic carbocycles. The summed E-state index contributed by atoms with van der Waals surface area (Å²) in [5.41, 5.74) is 0.626. The number of nitrogens with one attached hydrogen (secondary N) is 1. The van der Waals surface area contributed by atoms with Gasteiger partial charge < -0.3 is 15.2 Å². The van der Waals surface area contributed by atoms with Crippen molar-refractivity contribution < 1.29 is 27.9 Å². The van der Waals surface area contributed by atoms with E-state index in [2.05, 4.69) is 5.32 Å². The molecule has 0 aromatic heterocycles. The Labute approximate surface area is 153 Å². The van der Waals surface area contributed by atoms with Crippen molar-refractivity contribution in [1.29, 1.82) is 0 Å². The summed E-state index contributed by atoms with van der Waals surface area (Å²) in [5, 5.41) is 11.7. The molecule has 1 aromatic carbocycles. The summed E-state index contributed by atoms with van der Waals surface area (Å²) in [6, 6.07) is 3.28. The Hall–Kier alpha value is -1.97. The molecule has 0 saturated carbocycles. The minimum absolute atomic E-state index is 0.0449. The number of morpholine rings is 1. The van der Waals surface area contributed by atoms with E-state index in [1.54, 1.807) is 26.8 Å². The molecule has 144 valence electrons. The van der Waals surface area contributed by atoms with E-state index in [1.165, 1.54) is 16.4 Å². The molecule has 1 unspecified atom stereocenters. The fourth-order valence-corrected chi connectivity index (χ4v) is 4.34. The Morgan fingerprint density at radius 1 is 1.23 bits per heavy atom. The first-order valence-corrected chi connectivity index (χ1v) is 9.81. The fourth-order valence-electron chi connectivity index (χ4n) is 2.68. The van der Waals surface area contributed by atoms with E-state index in [9.17, 15) is 23.1 Å². The first kappa shape index (κ1) is 20.3. The summed E-state index contributed by atoms with van der Waals surface area (Å²) in [6.45, 7) is 6.19. The van der Waals surface area contributed by atoms with E-state index in [1.807, 2.05) is 0 Å². The zero-order valence-corrected chi connectivity index (χ0v) is 15.9. The molecular weight excluding hydrogens is 360 g/mol. The van der Waals surface area contributed by atoms with Crippen molar-refractivity contribution in [3.63, 3.8) is 0 Å². The Morgan fingerprint density at radius 3 is 2.38 bits per heavy atom. The standard InChI is InChI=1S/C17H24N2O6S/c1-11(2)15(17(21)22)18-16(20)13-5-4-12(3)14(10-13)26(23,24)19-6-8-25-9-7-19/h4-5,10-11,15H,6-9H2,1-3H3,(H,18,20)(H,21,22). The smallest absolute Gasteiger partial charge is 0.326 e. The quantitative estimate of drug-likeness (QED) is 0.752. The van der Waals surface area contributed by atoms with Crippen LogP contribution >= 0.6 is 0 Å². The van der Waals surface area contributed by atoms with Crippen molar-refractivity contribution in [1.82, 2.24) is 9.62 Å². The van der Waals surface area contributed by atoms with Gasteiger partial charge in [0, 0.05) is 18.7 Å². The Morgan fingerprint density at radius 2 is 1.85 bits per heavy atom. The first-order valence-electron chi connectivity index (χ1n) is 8.37. The topological polar surface area (TPSA) is 113 Å². The van der Waals surface area contributed by atoms with E-state index in [-0.39, 0.29) is 29.5 Å². The summed E-state index contributed by atoms with van der Waals surface area (Å²) < 4.78 is 32.2. The highest BCUT2D eigenvalue weighted by Crippen LogP contribution is 2.22. The number of carboxylic acid groups (broad SMARTS) is 1. The van der Waals surface area contributed by atoms with Crippen molar-refractivity contribution in [2.75, 3.05) is 26.3 Å². The van der Waals surface area contributed by atoms with Gasteiger partial charge in [0.05, 0.1) is 18.1 Å². The molecule has 0 radical (unpaired) electrons. The van der Waals surface area contributed by atoms with Gasteiger partial charge in [-0.1, -0.05) is 19.9 Å². The normalized spacial score (nSPS) is 17.1. The van der Waals surface area contributed by atoms with Gasteiger partial charge in [-0.15, -0.1) is 0 Å². The van der Waals surface area contributed by atoms with Gasteiger partial charge in [-0.3, -0.25) is 4.79 Å². The first-order chi connectivity index (χ1) is 12.1. The molecule has 1 fully saturated rings. The number of aliphatic carboxylic acids is 1. The molecule has 1 heterocycles. The number of aryl methyl sites for hydroxylation is 1. The molecule has 26 heavy (non-hydrogen) atoms. The van der Waals surface area contributed by atoms with Crippen LogP contribution in [0.5, 0.6) is 0 Å². The van der Waals surface area contributed by atoms with Gasteiger partial charge in [0.15, 0.2) is 0 Å². The second-order valence-corrected chi connectivity index (χ2v) is 8.44. The van der Waals surface area contributed by atoms with Crippen LogP contribution in [0.25, 0.3) is 0 Å². The molecule has 1 aliphatic heterocycles. The lowest BCUT2D eigenvalue weighted by Gasteiger charge is -2.27. The number of rotatable bonds is 6. The van der Waals surface area contributed by atoms with Crippen molar-refractivity contribution >= 4 is 21.9 Å². The predicted octanol–water partition coefficient (Wildman–Crippen LogP) is 0.855. The second kappa shape index (κ2) is 8.15. The lowest BCUT2D eigenvalue weighted by atomic mass is 10.0. The Kier molecular flexibility index (Phi) is 6.38. The minimum Gasteiger partial charge on any atom is -0.480 e. The highest BCUT2D eigenvalue weighted by Gasteiger charge is 2.29. The lowest BCUT2D eigenvalue weighted by molar-refractivity contribution is -0.140. The van der Waals surface area contributed by atoms with Gasteiger partial charge in [0.25, 0.3) is 5.91 Å². The summed E-state index contributed by atoms with van der Waals surface area (Å²) in [6.07, 6.45) is 0. The SMILES string of the molecule is Cc1ccc(C(=O)NC(C(=O)O)C(C)C)cc1S(=O)(=O)N1CCOCC1. The summed E-state index contributed by atoms with van der Waals surface area (Å²) in [4.78, 5) is 23.7. The van der Waals surface area contributed by atoms with Crippen molar-refractivity contribution in [3.8, 4) is 0 Å². The van der Waals surface area contributed by atoms with Gasteiger partial charge in [-0.25, -0.2) is 13.2 Å². The maximum Gasteiger partial charge on any atom is 0.326 e. The van der Waals surface area contributed by atoms with Crippen LogP contribution in [0.2, 0.25) is 0 Å². The van der Waals surface area contributed by atoms with Gasteiger partial charge in [-0.2, -0.15) is 4.31 Å². The maximum absolute atomic E-state index is 12.9. The number of hydrogen-bond donors (Lipinski definition) is 2. The van der Waals surface area contributed by atoms with Crippen LogP contribution in [-0.2, 0) is 19.6 Å². The fraction of sp³-hybridized carbons (Fsp3) is 0.529. The number of sulfonamides is 1. The van der Waals surface area contributed by atoms with Crippen molar-refractivity contribution in [2.45, 2.75) is 31.7 Å². The van der Waals surface area contributed by atoms with Gasteiger partial charge >= 0.3 is 5.97 Å². The molecule has 1 saturated heterocycles. The molecule has 1 aromatic rings. The largest absolute Gasteiger partial charge is 0.480 e. The number of nitrogens with zero attached hydrogens (tertiary/aromatic N) is 1. The molecular formula is C17H24N2O6S. The highest BCUT2D eigenvalue weighted by atomic mass is 32.2. The van der Waals surface area contributed by atoms with Gasteiger partial charge in [0.2, 0.25) is 10.0 Å². The van der Waals surface area contributed by atoms with Crippen molar-refractivity contribution in [3.05, 3.63) is 29.3 Å². The lowest BCUT2D eigenvalue weighted by Crippen LogP contribution is -2.44. The molecule has 1 amide bonds. The number of hydrogen-bond acceptors (Lipinski definition) is 5. The summed E-state index contributed by atoms with van der Waals surface area (Å²) >= 11 is 0. The number of ether oxygens (including phenoxy) is 1. The molecule has 8 nitrogen and oxygen atoms in total. The third kappa shape index (κ3) is 4.40. The molecule has 0 bridgehead atoms. The highest BCUT2D eigenvalue weighted by molar-refractivity contribution is 7.89. The summed E-state index contributed by atoms with van der Waals surface area (Å²) in [7, 11) is -3.75. The van der Waals surface area contributed by atoms with Crippen LogP contribution in [0.15, 0.2) is 23.1 Å². The number of carbonyl (C=O) groups is 2. The van der Waals surface area contributed by atoms with E-state index < -0.39 is 27.9 Å². The van der Waals surface area contributed by atoms with Crippen molar-refractivity contribution in [2.24, 2.45) is 5.92 Å². The van der Waals surface area contributed by atoms with Crippen LogP contribution in [0.1, 0.15) is 29.8 Å². The van der Waals surface area contributed by atoms with Crippen LogP contribution in [0, 0.1) is 12.8 Å². The average Bonchev–Trinajstić information content (AvgIpc) is 2.59. The molecule has 2 rings (SSSR count). The predicted molar refractivity (Wildman–Crippen MR) is 94.5 cm³/mol. The molecule has 9 heteroatoms. The summed E-state index contributed by atoms with van der Waals surface area (Å²) in [5.74, 6) is -2.07. The monoisotopic (exact) mass is 384 g/mol. The minimum atomic E-state index is -3.75. The number of benzene rings is 1. The van der Waals surface area contributed by atoms with E-state index in [0.29, 0.717) is 18.8 Å². The van der Waals surface area contributed by atoms with Gasteiger partial charge in [0.1, 0.15) is 6.04 Å². The molecule has 0 spiro atoms. The maximum atomic E-state index is 12.9. The van der Waals surface area contributed by atoms with Crippen LogP contribution < -0.4 is 5.32 Å². The number of carboxylic acids is 1. The van der Waals surface area contributed by atoms with Crippen LogP contribution in [-0.4, -0.2) is 62.1 Å².